The molecule has 0 N–H and O–H groups in total. The summed E-state index contributed by atoms with van der Waals surface area (Å²) in [6.07, 6.45) is 9.57. The first-order chi connectivity index (χ1) is 24.2. The summed E-state index contributed by atoms with van der Waals surface area (Å²) in [5.41, 5.74) is 13.6. The van der Waals surface area contributed by atoms with Gasteiger partial charge in [0, 0.05) is 42.6 Å². The van der Waals surface area contributed by atoms with E-state index in [4.69, 9.17) is 0 Å². The summed E-state index contributed by atoms with van der Waals surface area (Å²) in [7, 11) is 0. The molecule has 0 amide bonds. The molecule has 0 aliphatic heterocycles. The van der Waals surface area contributed by atoms with Crippen molar-refractivity contribution < 1.29 is 0 Å². The third-order valence-electron chi connectivity index (χ3n) is 14.5. The second kappa shape index (κ2) is 10.1. The predicted octanol–water partition coefficient (Wildman–Crippen LogP) is 13.6. The Morgan fingerprint density at radius 2 is 1.08 bits per heavy atom. The minimum atomic E-state index is 0.143. The summed E-state index contributed by atoms with van der Waals surface area (Å²) in [6, 6.07) is 40.8. The van der Waals surface area contributed by atoms with Crippen LogP contribution in [0.25, 0.3) is 31.3 Å². The highest BCUT2D eigenvalue weighted by molar-refractivity contribution is 7.25. The van der Waals surface area contributed by atoms with Crippen LogP contribution in [0.3, 0.4) is 0 Å². The Morgan fingerprint density at radius 3 is 1.86 bits per heavy atom. The van der Waals surface area contributed by atoms with Crippen LogP contribution in [0.2, 0.25) is 0 Å². The second-order valence-electron chi connectivity index (χ2n) is 18.1. The van der Waals surface area contributed by atoms with Gasteiger partial charge < -0.3 is 4.90 Å². The Kier molecular flexibility index (Phi) is 6.04. The number of rotatable bonds is 3. The molecular weight excluding hydrogens is 623 g/mol. The fourth-order valence-electron chi connectivity index (χ4n) is 12.3. The maximum atomic E-state index is 2.67. The standard InChI is InChI=1S/C48H47NS/c1-46(2)19-20-47(3,4)43-28-35(14-17-41(43)46)49(33-15-18-45-39(26-33)38-10-6-8-12-44(38)50-45)34-13-16-37-36-9-5-7-11-40(36)48(42(37)27-34)31-22-29-21-30(24-31)25-32(48)23-29/h5-18,26-32H,19-25H2,1-4H3. The number of thiophene rings is 1. The summed E-state index contributed by atoms with van der Waals surface area (Å²) in [5.74, 6) is 3.39. The minimum Gasteiger partial charge on any atom is -0.310 e. The van der Waals surface area contributed by atoms with E-state index < -0.39 is 0 Å². The molecule has 0 radical (unpaired) electrons. The maximum Gasteiger partial charge on any atom is 0.0468 e. The Balaban J connectivity index is 1.15. The van der Waals surface area contributed by atoms with Crippen LogP contribution >= 0.6 is 11.3 Å². The molecule has 4 bridgehead atoms. The molecule has 0 atom stereocenters. The average Bonchev–Trinajstić information content (AvgIpc) is 3.62. The van der Waals surface area contributed by atoms with Gasteiger partial charge in [0.2, 0.25) is 0 Å². The van der Waals surface area contributed by atoms with E-state index >= 15 is 0 Å². The lowest BCUT2D eigenvalue weighted by atomic mass is 9.43. The minimum absolute atomic E-state index is 0.143. The average molecular weight is 670 g/mol. The molecule has 1 spiro atoms. The fraction of sp³-hybridized carbons (Fsp3) is 0.375. The zero-order valence-corrected chi connectivity index (χ0v) is 30.7. The maximum absolute atomic E-state index is 2.67. The number of fused-ring (bicyclic) bond motifs is 7. The van der Waals surface area contributed by atoms with Crippen LogP contribution in [0.1, 0.15) is 94.9 Å². The lowest BCUT2D eigenvalue weighted by Gasteiger charge is -2.61. The largest absolute Gasteiger partial charge is 0.310 e. The molecule has 4 fully saturated rings. The molecule has 0 saturated heterocycles. The monoisotopic (exact) mass is 669 g/mol. The number of benzene rings is 5. The Bertz CT molecular complexity index is 2340. The van der Waals surface area contributed by atoms with E-state index in [1.54, 1.807) is 11.1 Å². The van der Waals surface area contributed by atoms with Crippen LogP contribution in [0.15, 0.2) is 103 Å². The molecular formula is C48H47NS. The van der Waals surface area contributed by atoms with Crippen molar-refractivity contribution in [2.75, 3.05) is 4.90 Å². The molecule has 250 valence electrons. The van der Waals surface area contributed by atoms with Gasteiger partial charge >= 0.3 is 0 Å². The predicted molar refractivity (Wildman–Crippen MR) is 213 cm³/mol. The molecule has 4 saturated carbocycles. The Labute approximate surface area is 301 Å². The quantitative estimate of drug-likeness (QED) is 0.181. The molecule has 12 rings (SSSR count). The van der Waals surface area contributed by atoms with Gasteiger partial charge in [-0.15, -0.1) is 11.3 Å². The van der Waals surface area contributed by atoms with Gasteiger partial charge in [0.25, 0.3) is 0 Å². The van der Waals surface area contributed by atoms with Crippen molar-refractivity contribution in [1.29, 1.82) is 0 Å². The Hall–Kier alpha value is -3.88. The number of hydrogen-bond acceptors (Lipinski definition) is 2. The SMILES string of the molecule is CC1(C)CCC(C)(C)c2cc(N(c3ccc4c(c3)C3(c5ccccc5-4)C4CC5CC(C4)CC3C5)c3ccc4sc5ccccc5c4c3)ccc21. The molecule has 1 nitrogen and oxygen atoms in total. The summed E-state index contributed by atoms with van der Waals surface area (Å²) in [5, 5.41) is 2.72. The first kappa shape index (κ1) is 29.8. The lowest BCUT2D eigenvalue weighted by Crippen LogP contribution is -2.55. The van der Waals surface area contributed by atoms with Crippen molar-refractivity contribution in [2.24, 2.45) is 23.7 Å². The fourth-order valence-corrected chi connectivity index (χ4v) is 13.4. The van der Waals surface area contributed by atoms with Crippen LogP contribution in [0.5, 0.6) is 0 Å². The normalized spacial score (nSPS) is 27.8. The first-order valence-corrected chi connectivity index (χ1v) is 20.1. The highest BCUT2D eigenvalue weighted by Crippen LogP contribution is 2.69. The van der Waals surface area contributed by atoms with Crippen molar-refractivity contribution in [3.63, 3.8) is 0 Å². The number of hydrogen-bond donors (Lipinski definition) is 0. The number of nitrogens with zero attached hydrogens (tertiary/aromatic N) is 1. The van der Waals surface area contributed by atoms with Crippen LogP contribution in [0, 0.1) is 23.7 Å². The zero-order chi connectivity index (χ0) is 33.6. The van der Waals surface area contributed by atoms with E-state index in [1.807, 2.05) is 11.3 Å². The van der Waals surface area contributed by atoms with E-state index in [0.29, 0.717) is 0 Å². The summed E-state index contributed by atoms with van der Waals surface area (Å²) in [4.78, 5) is 2.61. The molecule has 0 unspecified atom stereocenters. The summed E-state index contributed by atoms with van der Waals surface area (Å²) < 4.78 is 2.73. The smallest absolute Gasteiger partial charge is 0.0468 e. The third kappa shape index (κ3) is 3.95. The third-order valence-corrected chi connectivity index (χ3v) is 15.7. The van der Waals surface area contributed by atoms with E-state index in [0.717, 1.165) is 23.7 Å². The highest BCUT2D eigenvalue weighted by atomic mass is 32.1. The molecule has 2 heteroatoms. The van der Waals surface area contributed by atoms with Gasteiger partial charge in [-0.05, 0) is 161 Å². The van der Waals surface area contributed by atoms with Crippen molar-refractivity contribution >= 4 is 48.6 Å². The van der Waals surface area contributed by atoms with E-state index in [9.17, 15) is 0 Å². The van der Waals surface area contributed by atoms with Crippen molar-refractivity contribution in [3.05, 3.63) is 125 Å². The second-order valence-corrected chi connectivity index (χ2v) is 19.1. The van der Waals surface area contributed by atoms with Crippen LogP contribution in [-0.4, -0.2) is 0 Å². The van der Waals surface area contributed by atoms with Gasteiger partial charge in [-0.3, -0.25) is 0 Å². The van der Waals surface area contributed by atoms with Crippen molar-refractivity contribution in [3.8, 4) is 11.1 Å². The van der Waals surface area contributed by atoms with Crippen molar-refractivity contribution in [1.82, 2.24) is 0 Å². The molecule has 1 aromatic heterocycles. The highest BCUT2D eigenvalue weighted by Gasteiger charge is 2.61. The van der Waals surface area contributed by atoms with Gasteiger partial charge in [-0.2, -0.15) is 0 Å². The van der Waals surface area contributed by atoms with Crippen LogP contribution < -0.4 is 4.90 Å². The van der Waals surface area contributed by atoms with E-state index in [1.165, 1.54) is 104 Å². The lowest BCUT2D eigenvalue weighted by molar-refractivity contribution is -0.0399. The molecule has 50 heavy (non-hydrogen) atoms. The molecule has 6 aliphatic carbocycles. The van der Waals surface area contributed by atoms with E-state index in [2.05, 4.69) is 136 Å². The first-order valence-electron chi connectivity index (χ1n) is 19.3. The zero-order valence-electron chi connectivity index (χ0n) is 29.9. The molecule has 6 aromatic rings. The summed E-state index contributed by atoms with van der Waals surface area (Å²) >= 11 is 1.91. The Morgan fingerprint density at radius 1 is 0.500 bits per heavy atom. The van der Waals surface area contributed by atoms with Gasteiger partial charge in [0.15, 0.2) is 0 Å². The van der Waals surface area contributed by atoms with Gasteiger partial charge in [0.1, 0.15) is 0 Å². The van der Waals surface area contributed by atoms with Crippen LogP contribution in [-0.2, 0) is 16.2 Å². The van der Waals surface area contributed by atoms with Gasteiger partial charge in [-0.1, -0.05) is 82.3 Å². The topological polar surface area (TPSA) is 3.24 Å². The number of anilines is 3. The van der Waals surface area contributed by atoms with Crippen LogP contribution in [0.4, 0.5) is 17.1 Å². The molecule has 1 heterocycles. The van der Waals surface area contributed by atoms with Crippen molar-refractivity contribution in [2.45, 2.75) is 88.9 Å². The van der Waals surface area contributed by atoms with E-state index in [-0.39, 0.29) is 16.2 Å². The molecule has 5 aromatic carbocycles. The van der Waals surface area contributed by atoms with Gasteiger partial charge in [0.05, 0.1) is 0 Å². The van der Waals surface area contributed by atoms with Gasteiger partial charge in [-0.25, -0.2) is 0 Å². The summed E-state index contributed by atoms with van der Waals surface area (Å²) in [6.45, 7) is 9.80. The molecule has 6 aliphatic rings.